The average Bonchev–Trinajstić information content (AvgIpc) is 3.02. The lowest BCUT2D eigenvalue weighted by Gasteiger charge is -2.11. The predicted octanol–water partition coefficient (Wildman–Crippen LogP) is 3.91. The number of aromatic nitrogens is 4. The van der Waals surface area contributed by atoms with Gasteiger partial charge in [0.2, 0.25) is 0 Å². The van der Waals surface area contributed by atoms with Crippen LogP contribution < -0.4 is 0 Å². The van der Waals surface area contributed by atoms with Gasteiger partial charge in [-0.3, -0.25) is 4.98 Å². The van der Waals surface area contributed by atoms with Crippen molar-refractivity contribution in [3.8, 4) is 22.5 Å². The van der Waals surface area contributed by atoms with Gasteiger partial charge in [-0.05, 0) is 55.0 Å². The van der Waals surface area contributed by atoms with E-state index in [-0.39, 0.29) is 5.82 Å². The van der Waals surface area contributed by atoms with Crippen LogP contribution in [0, 0.1) is 12.7 Å². The zero-order chi connectivity index (χ0) is 15.8. The zero-order valence-corrected chi connectivity index (χ0v) is 12.4. The van der Waals surface area contributed by atoms with Crippen LogP contribution in [-0.4, -0.2) is 19.6 Å². The molecule has 3 aromatic heterocycles. The van der Waals surface area contributed by atoms with E-state index in [1.807, 2.05) is 31.2 Å². The first-order chi connectivity index (χ1) is 11.2. The van der Waals surface area contributed by atoms with Crippen molar-refractivity contribution in [2.45, 2.75) is 6.92 Å². The largest absolute Gasteiger partial charge is 0.256 e. The van der Waals surface area contributed by atoms with E-state index in [1.54, 1.807) is 29.2 Å². The van der Waals surface area contributed by atoms with Crippen molar-refractivity contribution in [3.05, 3.63) is 72.4 Å². The Labute approximate surface area is 132 Å². The van der Waals surface area contributed by atoms with Crippen molar-refractivity contribution in [2.24, 2.45) is 0 Å². The van der Waals surface area contributed by atoms with Crippen LogP contribution in [0.15, 0.2) is 61.1 Å². The first kappa shape index (κ1) is 13.6. The van der Waals surface area contributed by atoms with Crippen molar-refractivity contribution in [1.29, 1.82) is 0 Å². The van der Waals surface area contributed by atoms with Crippen LogP contribution in [0.25, 0.3) is 28.2 Å². The van der Waals surface area contributed by atoms with Gasteiger partial charge >= 0.3 is 0 Å². The molecule has 5 heteroatoms. The SMILES string of the molecule is Cc1cc(F)ccc1-c1ncccc1-c1ccc2nccn2n1. The molecule has 4 nitrogen and oxygen atoms in total. The van der Waals surface area contributed by atoms with Crippen LogP contribution >= 0.6 is 0 Å². The fourth-order valence-corrected chi connectivity index (χ4v) is 2.68. The molecule has 0 saturated heterocycles. The molecule has 0 bridgehead atoms. The van der Waals surface area contributed by atoms with Crippen molar-refractivity contribution in [3.63, 3.8) is 0 Å². The third kappa shape index (κ3) is 2.36. The molecule has 0 unspecified atom stereocenters. The Kier molecular flexibility index (Phi) is 3.12. The number of benzene rings is 1. The molecular weight excluding hydrogens is 291 g/mol. The molecule has 0 aliphatic carbocycles. The standard InChI is InChI=1S/C18H13FN4/c1-12-11-13(19)4-5-14(12)18-15(3-2-8-21-18)16-6-7-17-20-9-10-23(17)22-16/h2-11H,1H3. The lowest BCUT2D eigenvalue weighted by atomic mass is 9.99. The van der Waals surface area contributed by atoms with Crippen molar-refractivity contribution < 1.29 is 4.39 Å². The summed E-state index contributed by atoms with van der Waals surface area (Å²) in [4.78, 5) is 8.70. The molecule has 0 saturated carbocycles. The second kappa shape index (κ2) is 5.28. The number of pyridine rings is 1. The molecule has 4 rings (SSSR count). The summed E-state index contributed by atoms with van der Waals surface area (Å²) in [5.74, 6) is -0.248. The number of aryl methyl sites for hydroxylation is 1. The maximum Gasteiger partial charge on any atom is 0.153 e. The molecule has 0 amide bonds. The van der Waals surface area contributed by atoms with Gasteiger partial charge in [-0.2, -0.15) is 5.10 Å². The van der Waals surface area contributed by atoms with Crippen LogP contribution in [0.2, 0.25) is 0 Å². The molecule has 0 fully saturated rings. The van der Waals surface area contributed by atoms with Gasteiger partial charge in [-0.25, -0.2) is 13.9 Å². The summed E-state index contributed by atoms with van der Waals surface area (Å²) in [7, 11) is 0. The van der Waals surface area contributed by atoms with Gasteiger partial charge in [0.05, 0.1) is 11.4 Å². The highest BCUT2D eigenvalue weighted by atomic mass is 19.1. The average molecular weight is 304 g/mol. The van der Waals surface area contributed by atoms with E-state index in [4.69, 9.17) is 0 Å². The van der Waals surface area contributed by atoms with Crippen LogP contribution in [0.4, 0.5) is 4.39 Å². The van der Waals surface area contributed by atoms with Crippen LogP contribution in [0.1, 0.15) is 5.56 Å². The highest BCUT2D eigenvalue weighted by Gasteiger charge is 2.13. The molecule has 0 radical (unpaired) electrons. The number of hydrogen-bond acceptors (Lipinski definition) is 3. The summed E-state index contributed by atoms with van der Waals surface area (Å²) in [6.07, 6.45) is 5.25. The van der Waals surface area contributed by atoms with Gasteiger partial charge in [-0.15, -0.1) is 0 Å². The van der Waals surface area contributed by atoms with Crippen molar-refractivity contribution >= 4 is 5.65 Å². The van der Waals surface area contributed by atoms with Crippen LogP contribution in [-0.2, 0) is 0 Å². The molecule has 0 atom stereocenters. The van der Waals surface area contributed by atoms with E-state index < -0.39 is 0 Å². The van der Waals surface area contributed by atoms with Gasteiger partial charge in [0.25, 0.3) is 0 Å². The maximum absolute atomic E-state index is 13.4. The zero-order valence-electron chi connectivity index (χ0n) is 12.4. The highest BCUT2D eigenvalue weighted by molar-refractivity contribution is 5.80. The molecule has 4 aromatic rings. The van der Waals surface area contributed by atoms with Gasteiger partial charge in [0.15, 0.2) is 5.65 Å². The van der Waals surface area contributed by atoms with Gasteiger partial charge in [0.1, 0.15) is 5.82 Å². The van der Waals surface area contributed by atoms with Crippen LogP contribution in [0.3, 0.4) is 0 Å². The molecule has 0 aliphatic heterocycles. The van der Waals surface area contributed by atoms with E-state index >= 15 is 0 Å². The van der Waals surface area contributed by atoms with Crippen LogP contribution in [0.5, 0.6) is 0 Å². The van der Waals surface area contributed by atoms with Crippen molar-refractivity contribution in [2.75, 3.05) is 0 Å². The Bertz CT molecular complexity index is 1010. The lowest BCUT2D eigenvalue weighted by molar-refractivity contribution is 0.627. The summed E-state index contributed by atoms with van der Waals surface area (Å²) in [5, 5.41) is 4.58. The minimum Gasteiger partial charge on any atom is -0.256 e. The van der Waals surface area contributed by atoms with E-state index in [2.05, 4.69) is 15.1 Å². The Balaban J connectivity index is 1.92. The highest BCUT2D eigenvalue weighted by Crippen LogP contribution is 2.31. The van der Waals surface area contributed by atoms with Gasteiger partial charge in [-0.1, -0.05) is 0 Å². The molecule has 23 heavy (non-hydrogen) atoms. The number of imidazole rings is 1. The minimum atomic E-state index is -0.248. The summed E-state index contributed by atoms with van der Waals surface area (Å²) >= 11 is 0. The molecule has 0 spiro atoms. The monoisotopic (exact) mass is 304 g/mol. The topological polar surface area (TPSA) is 43.1 Å². The Morgan fingerprint density at radius 2 is 1.87 bits per heavy atom. The fraction of sp³-hybridized carbons (Fsp3) is 0.0556. The number of nitrogens with zero attached hydrogens (tertiary/aromatic N) is 4. The third-order valence-electron chi connectivity index (χ3n) is 3.78. The summed E-state index contributed by atoms with van der Waals surface area (Å²) < 4.78 is 15.1. The quantitative estimate of drug-likeness (QED) is 0.564. The summed E-state index contributed by atoms with van der Waals surface area (Å²) in [6.45, 7) is 1.88. The fourth-order valence-electron chi connectivity index (χ4n) is 2.68. The second-order valence-electron chi connectivity index (χ2n) is 5.31. The predicted molar refractivity (Wildman–Crippen MR) is 86.3 cm³/mol. The minimum absolute atomic E-state index is 0.248. The molecule has 3 heterocycles. The number of hydrogen-bond donors (Lipinski definition) is 0. The van der Waals surface area contributed by atoms with E-state index in [9.17, 15) is 4.39 Å². The van der Waals surface area contributed by atoms with E-state index in [0.29, 0.717) is 0 Å². The maximum atomic E-state index is 13.4. The normalized spacial score (nSPS) is 11.0. The van der Waals surface area contributed by atoms with Gasteiger partial charge in [0, 0.05) is 29.7 Å². The molecule has 112 valence electrons. The second-order valence-corrected chi connectivity index (χ2v) is 5.31. The molecule has 0 aliphatic rings. The number of halogens is 1. The van der Waals surface area contributed by atoms with Gasteiger partial charge < -0.3 is 0 Å². The van der Waals surface area contributed by atoms with Crippen molar-refractivity contribution in [1.82, 2.24) is 19.6 Å². The summed E-state index contributed by atoms with van der Waals surface area (Å²) in [6, 6.07) is 12.4. The first-order valence-electron chi connectivity index (χ1n) is 7.25. The summed E-state index contributed by atoms with van der Waals surface area (Å²) in [5.41, 5.74) is 5.01. The Morgan fingerprint density at radius 3 is 2.74 bits per heavy atom. The Morgan fingerprint density at radius 1 is 0.957 bits per heavy atom. The Hall–Kier alpha value is -3.08. The molecular formula is C18H13FN4. The molecule has 1 aromatic carbocycles. The number of rotatable bonds is 2. The lowest BCUT2D eigenvalue weighted by Crippen LogP contribution is -1.97. The van der Waals surface area contributed by atoms with E-state index in [0.717, 1.165) is 33.7 Å². The smallest absolute Gasteiger partial charge is 0.153 e. The van der Waals surface area contributed by atoms with E-state index in [1.165, 1.54) is 12.1 Å². The number of fused-ring (bicyclic) bond motifs is 1. The third-order valence-corrected chi connectivity index (χ3v) is 3.78. The molecule has 0 N–H and O–H groups in total. The first-order valence-corrected chi connectivity index (χ1v) is 7.25.